The molecule has 0 saturated carbocycles. The van der Waals surface area contributed by atoms with Crippen molar-refractivity contribution in [2.75, 3.05) is 6.26 Å². The lowest BCUT2D eigenvalue weighted by molar-refractivity contribution is 0.537. The number of nitrogens with zero attached hydrogens (tertiary/aromatic N) is 2. The molecule has 0 radical (unpaired) electrons. The van der Waals surface area contributed by atoms with Crippen LogP contribution in [0.4, 0.5) is 0 Å². The number of aryl methyl sites for hydroxylation is 1. The molecule has 0 unspecified atom stereocenters. The van der Waals surface area contributed by atoms with E-state index in [-0.39, 0.29) is 0 Å². The SMILES string of the molecule is CSc1ncc(C)n1C(C)C. The second kappa shape index (κ2) is 3.30. The topological polar surface area (TPSA) is 17.8 Å². The molecule has 0 fully saturated rings. The zero-order valence-electron chi connectivity index (χ0n) is 7.46. The second-order valence-electron chi connectivity index (χ2n) is 2.85. The van der Waals surface area contributed by atoms with Crippen LogP contribution in [0, 0.1) is 6.92 Å². The van der Waals surface area contributed by atoms with Crippen LogP contribution in [0.2, 0.25) is 0 Å². The summed E-state index contributed by atoms with van der Waals surface area (Å²) in [6.07, 6.45) is 3.98. The van der Waals surface area contributed by atoms with E-state index in [2.05, 4.69) is 36.6 Å². The maximum absolute atomic E-state index is 4.28. The summed E-state index contributed by atoms with van der Waals surface area (Å²) in [5.74, 6) is 0. The van der Waals surface area contributed by atoms with Crippen molar-refractivity contribution < 1.29 is 0 Å². The van der Waals surface area contributed by atoms with Crippen LogP contribution < -0.4 is 0 Å². The molecule has 0 amide bonds. The van der Waals surface area contributed by atoms with Crippen molar-refractivity contribution in [1.82, 2.24) is 9.55 Å². The summed E-state index contributed by atoms with van der Waals surface area (Å²) >= 11 is 1.70. The Morgan fingerprint density at radius 3 is 2.55 bits per heavy atom. The summed E-state index contributed by atoms with van der Waals surface area (Å²) in [6.45, 7) is 6.44. The molecule has 0 aliphatic carbocycles. The van der Waals surface area contributed by atoms with Gasteiger partial charge in [0, 0.05) is 17.9 Å². The Labute approximate surface area is 72.0 Å². The Morgan fingerprint density at radius 2 is 2.18 bits per heavy atom. The molecule has 1 heterocycles. The van der Waals surface area contributed by atoms with Crippen molar-refractivity contribution in [3.05, 3.63) is 11.9 Å². The normalized spacial score (nSPS) is 11.0. The van der Waals surface area contributed by atoms with Gasteiger partial charge in [0.2, 0.25) is 0 Å². The van der Waals surface area contributed by atoms with Crippen molar-refractivity contribution in [2.45, 2.75) is 32.0 Å². The van der Waals surface area contributed by atoms with E-state index >= 15 is 0 Å². The fourth-order valence-electron chi connectivity index (χ4n) is 1.20. The molecule has 62 valence electrons. The van der Waals surface area contributed by atoms with Gasteiger partial charge in [-0.2, -0.15) is 0 Å². The van der Waals surface area contributed by atoms with Crippen LogP contribution in [0.5, 0.6) is 0 Å². The van der Waals surface area contributed by atoms with Crippen molar-refractivity contribution in [1.29, 1.82) is 0 Å². The number of thioether (sulfide) groups is 1. The highest BCUT2D eigenvalue weighted by Gasteiger charge is 2.07. The van der Waals surface area contributed by atoms with Gasteiger partial charge in [-0.25, -0.2) is 4.98 Å². The van der Waals surface area contributed by atoms with Crippen LogP contribution in [0.1, 0.15) is 25.6 Å². The molecule has 11 heavy (non-hydrogen) atoms. The Kier molecular flexibility index (Phi) is 2.60. The summed E-state index contributed by atoms with van der Waals surface area (Å²) in [6, 6.07) is 0.514. The Morgan fingerprint density at radius 1 is 1.55 bits per heavy atom. The first-order valence-corrected chi connectivity index (χ1v) is 4.97. The Hall–Kier alpha value is -0.440. The third-order valence-corrected chi connectivity index (χ3v) is 2.31. The van der Waals surface area contributed by atoms with E-state index in [0.717, 1.165) is 5.16 Å². The lowest BCUT2D eigenvalue weighted by Gasteiger charge is -2.11. The maximum atomic E-state index is 4.28. The molecule has 0 aromatic carbocycles. The van der Waals surface area contributed by atoms with E-state index in [9.17, 15) is 0 Å². The molecule has 1 rings (SSSR count). The van der Waals surface area contributed by atoms with Crippen LogP contribution in [-0.4, -0.2) is 15.8 Å². The summed E-state index contributed by atoms with van der Waals surface area (Å²) in [5.41, 5.74) is 1.24. The van der Waals surface area contributed by atoms with Crippen molar-refractivity contribution in [3.63, 3.8) is 0 Å². The average molecular weight is 170 g/mol. The van der Waals surface area contributed by atoms with Crippen LogP contribution in [0.3, 0.4) is 0 Å². The first-order chi connectivity index (χ1) is 5.16. The number of hydrogen-bond acceptors (Lipinski definition) is 2. The van der Waals surface area contributed by atoms with Gasteiger partial charge >= 0.3 is 0 Å². The number of imidazole rings is 1. The molecule has 0 atom stereocenters. The fraction of sp³-hybridized carbons (Fsp3) is 0.625. The molecule has 0 aliphatic rings. The maximum Gasteiger partial charge on any atom is 0.168 e. The van der Waals surface area contributed by atoms with Crippen molar-refractivity contribution in [2.24, 2.45) is 0 Å². The highest BCUT2D eigenvalue weighted by Crippen LogP contribution is 2.19. The van der Waals surface area contributed by atoms with Gasteiger partial charge in [0.15, 0.2) is 5.16 Å². The van der Waals surface area contributed by atoms with E-state index in [0.29, 0.717) is 6.04 Å². The first kappa shape index (κ1) is 8.65. The summed E-state index contributed by atoms with van der Waals surface area (Å²) < 4.78 is 2.24. The number of hydrogen-bond donors (Lipinski definition) is 0. The predicted molar refractivity (Wildman–Crippen MR) is 49.1 cm³/mol. The largest absolute Gasteiger partial charge is 0.321 e. The van der Waals surface area contributed by atoms with Crippen molar-refractivity contribution >= 4 is 11.8 Å². The summed E-state index contributed by atoms with van der Waals surface area (Å²) in [4.78, 5) is 4.28. The average Bonchev–Trinajstić information content (AvgIpc) is 2.30. The smallest absolute Gasteiger partial charge is 0.168 e. The molecule has 1 aromatic rings. The van der Waals surface area contributed by atoms with E-state index in [4.69, 9.17) is 0 Å². The fourth-order valence-corrected chi connectivity index (χ4v) is 1.91. The first-order valence-electron chi connectivity index (χ1n) is 3.74. The molecule has 0 saturated heterocycles. The molecule has 0 spiro atoms. The Bertz CT molecular complexity index is 240. The quantitative estimate of drug-likeness (QED) is 0.635. The lowest BCUT2D eigenvalue weighted by Crippen LogP contribution is -2.03. The monoisotopic (exact) mass is 170 g/mol. The van der Waals surface area contributed by atoms with Crippen molar-refractivity contribution in [3.8, 4) is 0 Å². The predicted octanol–water partition coefficient (Wildman–Crippen LogP) is 2.49. The van der Waals surface area contributed by atoms with E-state index in [1.165, 1.54) is 5.69 Å². The number of rotatable bonds is 2. The zero-order chi connectivity index (χ0) is 8.43. The third-order valence-electron chi connectivity index (χ3n) is 1.65. The lowest BCUT2D eigenvalue weighted by atomic mass is 10.4. The molecule has 0 bridgehead atoms. The van der Waals surface area contributed by atoms with Crippen LogP contribution in [0.15, 0.2) is 11.4 Å². The highest BCUT2D eigenvalue weighted by atomic mass is 32.2. The van der Waals surface area contributed by atoms with Gasteiger partial charge in [-0.15, -0.1) is 0 Å². The van der Waals surface area contributed by atoms with Gasteiger partial charge in [-0.05, 0) is 27.0 Å². The summed E-state index contributed by atoms with van der Waals surface area (Å²) in [5, 5.41) is 1.11. The van der Waals surface area contributed by atoms with Crippen LogP contribution >= 0.6 is 11.8 Å². The molecular weight excluding hydrogens is 156 g/mol. The van der Waals surface area contributed by atoms with E-state index in [1.54, 1.807) is 11.8 Å². The molecule has 0 aliphatic heterocycles. The van der Waals surface area contributed by atoms with E-state index < -0.39 is 0 Å². The van der Waals surface area contributed by atoms with Gasteiger partial charge < -0.3 is 4.57 Å². The second-order valence-corrected chi connectivity index (χ2v) is 3.62. The summed E-state index contributed by atoms with van der Waals surface area (Å²) in [7, 11) is 0. The van der Waals surface area contributed by atoms with Crippen LogP contribution in [-0.2, 0) is 0 Å². The van der Waals surface area contributed by atoms with Gasteiger partial charge in [0.05, 0.1) is 0 Å². The minimum absolute atomic E-state index is 0.514. The van der Waals surface area contributed by atoms with Crippen LogP contribution in [0.25, 0.3) is 0 Å². The molecular formula is C8H14N2S. The minimum atomic E-state index is 0.514. The number of aromatic nitrogens is 2. The molecule has 1 aromatic heterocycles. The standard InChI is InChI=1S/C8H14N2S/c1-6(2)10-7(3)5-9-8(10)11-4/h5-6H,1-4H3. The van der Waals surface area contributed by atoms with Gasteiger partial charge in [-0.1, -0.05) is 11.8 Å². The van der Waals surface area contributed by atoms with Gasteiger partial charge in [0.1, 0.15) is 0 Å². The zero-order valence-corrected chi connectivity index (χ0v) is 8.27. The highest BCUT2D eigenvalue weighted by molar-refractivity contribution is 7.98. The molecule has 2 nitrogen and oxygen atoms in total. The third kappa shape index (κ3) is 1.59. The molecule has 0 N–H and O–H groups in total. The minimum Gasteiger partial charge on any atom is -0.321 e. The molecule has 3 heteroatoms. The van der Waals surface area contributed by atoms with Gasteiger partial charge in [-0.3, -0.25) is 0 Å². The Balaban J connectivity index is 3.07. The van der Waals surface area contributed by atoms with Gasteiger partial charge in [0.25, 0.3) is 0 Å². The van der Waals surface area contributed by atoms with E-state index in [1.807, 2.05) is 6.20 Å².